The van der Waals surface area contributed by atoms with Crippen LogP contribution in [0.5, 0.6) is 0 Å². The Balaban J connectivity index is 1.73. The molecular weight excluding hydrogens is 270 g/mol. The predicted octanol–water partition coefficient (Wildman–Crippen LogP) is 2.03. The van der Waals surface area contributed by atoms with Gasteiger partial charge in [-0.1, -0.05) is 26.2 Å². The third-order valence-electron chi connectivity index (χ3n) is 4.39. The molecule has 116 valence electrons. The molecule has 0 amide bonds. The quantitative estimate of drug-likeness (QED) is 0.583. The zero-order valence-corrected chi connectivity index (χ0v) is 13.7. The third-order valence-corrected chi connectivity index (χ3v) is 6.13. The molecular formula is C15H29N3OS. The zero-order valence-electron chi connectivity index (χ0n) is 12.9. The van der Waals surface area contributed by atoms with Crippen LogP contribution in [0.1, 0.15) is 51.9 Å². The van der Waals surface area contributed by atoms with Gasteiger partial charge in [0, 0.05) is 41.4 Å². The molecule has 4 nitrogen and oxygen atoms in total. The first-order chi connectivity index (χ1) is 9.72. The van der Waals surface area contributed by atoms with Gasteiger partial charge in [-0.15, -0.1) is 0 Å². The second-order valence-electron chi connectivity index (χ2n) is 6.03. The molecule has 0 radical (unpaired) electrons. The molecule has 5 heteroatoms. The SMILES string of the molecule is CCS(=O)C1CCCC(NC(=NC)NCCC2CC2)C1. The number of guanidine groups is 1. The van der Waals surface area contributed by atoms with Gasteiger partial charge >= 0.3 is 0 Å². The fourth-order valence-corrected chi connectivity index (χ4v) is 4.29. The fraction of sp³-hybridized carbons (Fsp3) is 0.933. The molecule has 2 N–H and O–H groups in total. The lowest BCUT2D eigenvalue weighted by Crippen LogP contribution is -2.46. The van der Waals surface area contributed by atoms with Crippen molar-refractivity contribution in [3.05, 3.63) is 0 Å². The van der Waals surface area contributed by atoms with E-state index in [2.05, 4.69) is 15.6 Å². The summed E-state index contributed by atoms with van der Waals surface area (Å²) in [5, 5.41) is 7.29. The minimum atomic E-state index is -0.654. The number of rotatable bonds is 6. The molecule has 0 spiro atoms. The molecule has 2 aliphatic carbocycles. The Hall–Kier alpha value is -0.580. The summed E-state index contributed by atoms with van der Waals surface area (Å²) in [4.78, 5) is 4.31. The standard InChI is InChI=1S/C15H29N3OS/c1-3-20(19)14-6-4-5-13(11-14)18-15(16-2)17-10-9-12-7-8-12/h12-14H,3-11H2,1-2H3,(H2,16,17,18). The van der Waals surface area contributed by atoms with E-state index < -0.39 is 10.8 Å². The van der Waals surface area contributed by atoms with E-state index in [-0.39, 0.29) is 0 Å². The molecule has 0 aromatic carbocycles. The van der Waals surface area contributed by atoms with Gasteiger partial charge in [0.15, 0.2) is 5.96 Å². The van der Waals surface area contributed by atoms with Crippen LogP contribution in [0.15, 0.2) is 4.99 Å². The Morgan fingerprint density at radius 1 is 1.30 bits per heavy atom. The number of aliphatic imine (C=N–C) groups is 1. The van der Waals surface area contributed by atoms with E-state index in [1.165, 1.54) is 32.1 Å². The average molecular weight is 299 g/mol. The van der Waals surface area contributed by atoms with Gasteiger partial charge in [-0.2, -0.15) is 0 Å². The van der Waals surface area contributed by atoms with Crippen molar-refractivity contribution in [1.82, 2.24) is 10.6 Å². The molecule has 0 aromatic heterocycles. The lowest BCUT2D eigenvalue weighted by atomic mass is 9.95. The van der Waals surface area contributed by atoms with E-state index in [4.69, 9.17) is 0 Å². The molecule has 0 bridgehead atoms. The van der Waals surface area contributed by atoms with Crippen LogP contribution in [0.4, 0.5) is 0 Å². The Morgan fingerprint density at radius 3 is 2.75 bits per heavy atom. The largest absolute Gasteiger partial charge is 0.356 e. The van der Waals surface area contributed by atoms with Crippen molar-refractivity contribution in [3.63, 3.8) is 0 Å². The van der Waals surface area contributed by atoms with E-state index in [1.54, 1.807) is 0 Å². The molecule has 20 heavy (non-hydrogen) atoms. The van der Waals surface area contributed by atoms with Crippen molar-refractivity contribution in [3.8, 4) is 0 Å². The van der Waals surface area contributed by atoms with Gasteiger partial charge in [-0.25, -0.2) is 0 Å². The van der Waals surface area contributed by atoms with Gasteiger partial charge in [0.25, 0.3) is 0 Å². The highest BCUT2D eigenvalue weighted by atomic mass is 32.2. The molecule has 2 rings (SSSR count). The van der Waals surface area contributed by atoms with E-state index in [0.29, 0.717) is 11.3 Å². The van der Waals surface area contributed by atoms with E-state index in [9.17, 15) is 4.21 Å². The van der Waals surface area contributed by atoms with Crippen LogP contribution in [0.3, 0.4) is 0 Å². The maximum Gasteiger partial charge on any atom is 0.191 e. The van der Waals surface area contributed by atoms with Gasteiger partial charge in [0.1, 0.15) is 0 Å². The van der Waals surface area contributed by atoms with Crippen LogP contribution in [0.2, 0.25) is 0 Å². The first-order valence-corrected chi connectivity index (χ1v) is 9.45. The summed E-state index contributed by atoms with van der Waals surface area (Å²) in [6, 6.07) is 0.427. The number of hydrogen-bond acceptors (Lipinski definition) is 2. The molecule has 0 aliphatic heterocycles. The van der Waals surface area contributed by atoms with Crippen molar-refractivity contribution >= 4 is 16.8 Å². The molecule has 0 saturated heterocycles. The zero-order chi connectivity index (χ0) is 14.4. The van der Waals surface area contributed by atoms with Crippen LogP contribution < -0.4 is 10.6 Å². The Morgan fingerprint density at radius 2 is 2.10 bits per heavy atom. The lowest BCUT2D eigenvalue weighted by Gasteiger charge is -2.30. The first kappa shape index (κ1) is 15.8. The minimum absolute atomic E-state index is 0.371. The first-order valence-electron chi connectivity index (χ1n) is 8.07. The topological polar surface area (TPSA) is 53.5 Å². The van der Waals surface area contributed by atoms with Gasteiger partial charge in [-0.05, 0) is 31.6 Å². The minimum Gasteiger partial charge on any atom is -0.356 e. The Bertz CT molecular complexity index is 355. The molecule has 3 unspecified atom stereocenters. The van der Waals surface area contributed by atoms with Crippen LogP contribution in [-0.2, 0) is 10.8 Å². The van der Waals surface area contributed by atoms with E-state index in [1.807, 2.05) is 14.0 Å². The summed E-state index contributed by atoms with van der Waals surface area (Å²) in [6.45, 7) is 3.03. The average Bonchev–Trinajstić information content (AvgIpc) is 3.30. The highest BCUT2D eigenvalue weighted by molar-refractivity contribution is 7.85. The molecule has 3 atom stereocenters. The van der Waals surface area contributed by atoms with Gasteiger partial charge in [0.2, 0.25) is 0 Å². The molecule has 2 saturated carbocycles. The maximum absolute atomic E-state index is 12.0. The number of nitrogens with zero attached hydrogens (tertiary/aromatic N) is 1. The van der Waals surface area contributed by atoms with Crippen LogP contribution in [-0.4, -0.2) is 40.8 Å². The van der Waals surface area contributed by atoms with Gasteiger partial charge in [0.05, 0.1) is 0 Å². The van der Waals surface area contributed by atoms with Crippen LogP contribution in [0.25, 0.3) is 0 Å². The predicted molar refractivity (Wildman–Crippen MR) is 86.6 cm³/mol. The smallest absolute Gasteiger partial charge is 0.191 e. The lowest BCUT2D eigenvalue weighted by molar-refractivity contribution is 0.413. The number of nitrogens with one attached hydrogen (secondary N) is 2. The summed E-state index contributed by atoms with van der Waals surface area (Å²) in [5.41, 5.74) is 0. The second-order valence-corrected chi connectivity index (χ2v) is 8.04. The fourth-order valence-electron chi connectivity index (χ4n) is 2.94. The summed E-state index contributed by atoms with van der Waals surface area (Å²) >= 11 is 0. The summed E-state index contributed by atoms with van der Waals surface area (Å²) in [6.07, 6.45) is 8.54. The molecule has 2 fully saturated rings. The number of hydrogen-bond donors (Lipinski definition) is 2. The summed E-state index contributed by atoms with van der Waals surface area (Å²) in [7, 11) is 1.18. The summed E-state index contributed by atoms with van der Waals surface area (Å²) < 4.78 is 12.0. The van der Waals surface area contributed by atoms with Crippen LogP contribution in [0, 0.1) is 5.92 Å². The van der Waals surface area contributed by atoms with Crippen molar-refractivity contribution in [1.29, 1.82) is 0 Å². The Kier molecular flexibility index (Phi) is 6.33. The van der Waals surface area contributed by atoms with Crippen molar-refractivity contribution in [2.24, 2.45) is 10.9 Å². The van der Waals surface area contributed by atoms with Crippen LogP contribution >= 0.6 is 0 Å². The highest BCUT2D eigenvalue weighted by Crippen LogP contribution is 2.31. The Labute approximate surface area is 125 Å². The third kappa shape index (κ3) is 5.08. The molecule has 0 heterocycles. The van der Waals surface area contributed by atoms with E-state index in [0.717, 1.165) is 37.0 Å². The highest BCUT2D eigenvalue weighted by Gasteiger charge is 2.26. The second kappa shape index (κ2) is 8.01. The summed E-state index contributed by atoms with van der Waals surface area (Å²) in [5.74, 6) is 2.65. The molecule has 2 aliphatic rings. The van der Waals surface area contributed by atoms with Gasteiger partial charge < -0.3 is 10.6 Å². The van der Waals surface area contributed by atoms with Crippen molar-refractivity contribution in [2.75, 3.05) is 19.3 Å². The maximum atomic E-state index is 12.0. The van der Waals surface area contributed by atoms with Gasteiger partial charge in [-0.3, -0.25) is 9.20 Å². The van der Waals surface area contributed by atoms with Crippen molar-refractivity contribution in [2.45, 2.75) is 63.2 Å². The molecule has 0 aromatic rings. The van der Waals surface area contributed by atoms with Crippen molar-refractivity contribution < 1.29 is 4.21 Å². The van der Waals surface area contributed by atoms with E-state index >= 15 is 0 Å². The monoisotopic (exact) mass is 299 g/mol. The normalized spacial score (nSPS) is 29.0.